The number of aromatic nitrogens is 1. The molecule has 0 radical (unpaired) electrons. The van der Waals surface area contributed by atoms with Gasteiger partial charge in [0.15, 0.2) is 0 Å². The first kappa shape index (κ1) is 14.7. The van der Waals surface area contributed by atoms with Crippen molar-refractivity contribution >= 4 is 5.91 Å². The summed E-state index contributed by atoms with van der Waals surface area (Å²) in [6.45, 7) is 0. The topological polar surface area (TPSA) is 62.2 Å². The zero-order valence-corrected chi connectivity index (χ0v) is 11.9. The van der Waals surface area contributed by atoms with Gasteiger partial charge in [0.2, 0.25) is 0 Å². The number of amides is 1. The fourth-order valence-electron chi connectivity index (χ4n) is 2.72. The molecule has 1 fully saturated rings. The Hall–Kier alpha value is -2.27. The van der Waals surface area contributed by atoms with E-state index in [1.54, 1.807) is 6.20 Å². The minimum absolute atomic E-state index is 0.161. The van der Waals surface area contributed by atoms with Crippen molar-refractivity contribution in [2.45, 2.75) is 25.0 Å². The van der Waals surface area contributed by atoms with Gasteiger partial charge in [0.05, 0.1) is 17.8 Å². The summed E-state index contributed by atoms with van der Waals surface area (Å²) in [4.78, 5) is 16.7. The van der Waals surface area contributed by atoms with Crippen molar-refractivity contribution in [2.24, 2.45) is 5.92 Å². The van der Waals surface area contributed by atoms with Crippen LogP contribution in [-0.4, -0.2) is 22.1 Å². The number of nitrogens with one attached hydrogen (secondary N) is 1. The Bertz CT molecular complexity index is 639. The van der Waals surface area contributed by atoms with Gasteiger partial charge in [-0.25, -0.2) is 4.39 Å². The summed E-state index contributed by atoms with van der Waals surface area (Å²) in [6.07, 6.45) is 2.66. The molecule has 1 amide bonds. The van der Waals surface area contributed by atoms with Crippen molar-refractivity contribution in [3.05, 3.63) is 65.7 Å². The smallest absolute Gasteiger partial charge is 0.251 e. The molecule has 2 N–H and O–H groups in total. The summed E-state index contributed by atoms with van der Waals surface area (Å²) in [5, 5.41) is 12.5. The molecule has 1 atom stereocenters. The number of pyridine rings is 1. The second-order valence-corrected chi connectivity index (χ2v) is 5.60. The van der Waals surface area contributed by atoms with E-state index in [-0.39, 0.29) is 29.8 Å². The third-order valence-electron chi connectivity index (χ3n) is 4.02. The number of benzene rings is 1. The van der Waals surface area contributed by atoms with Crippen LogP contribution in [0.5, 0.6) is 0 Å². The van der Waals surface area contributed by atoms with Gasteiger partial charge in [-0.05, 0) is 55.2 Å². The summed E-state index contributed by atoms with van der Waals surface area (Å²) in [5.74, 6) is -0.480. The van der Waals surface area contributed by atoms with Crippen molar-refractivity contribution in [1.29, 1.82) is 0 Å². The molecule has 1 heterocycles. The van der Waals surface area contributed by atoms with E-state index in [1.807, 2.05) is 18.2 Å². The molecule has 5 heteroatoms. The highest BCUT2D eigenvalue weighted by Crippen LogP contribution is 2.37. The van der Waals surface area contributed by atoms with Gasteiger partial charge >= 0.3 is 0 Å². The molecule has 1 unspecified atom stereocenters. The van der Waals surface area contributed by atoms with Gasteiger partial charge in [-0.3, -0.25) is 9.78 Å². The Labute approximate surface area is 128 Å². The number of carbonyl (C=O) groups is 1. The molecule has 0 saturated heterocycles. The highest BCUT2D eigenvalue weighted by molar-refractivity contribution is 5.94. The number of carbonyl (C=O) groups excluding carboxylic acids is 1. The van der Waals surface area contributed by atoms with E-state index in [0.717, 1.165) is 5.69 Å². The fraction of sp³-hybridized carbons (Fsp3) is 0.294. The Morgan fingerprint density at radius 3 is 2.55 bits per heavy atom. The van der Waals surface area contributed by atoms with Crippen LogP contribution in [0.4, 0.5) is 4.39 Å². The fourth-order valence-corrected chi connectivity index (χ4v) is 2.72. The second kappa shape index (κ2) is 6.23. The molecule has 0 aliphatic heterocycles. The molecule has 4 nitrogen and oxygen atoms in total. The first-order chi connectivity index (χ1) is 10.6. The number of hydrogen-bond acceptors (Lipinski definition) is 3. The first-order valence-electron chi connectivity index (χ1n) is 7.29. The summed E-state index contributed by atoms with van der Waals surface area (Å²) in [7, 11) is 0. The van der Waals surface area contributed by atoms with E-state index in [1.165, 1.54) is 24.3 Å². The van der Waals surface area contributed by atoms with Gasteiger partial charge in [-0.15, -0.1) is 0 Å². The molecule has 1 aromatic carbocycles. The van der Waals surface area contributed by atoms with Crippen LogP contribution in [0, 0.1) is 11.7 Å². The van der Waals surface area contributed by atoms with Gasteiger partial charge in [-0.1, -0.05) is 6.07 Å². The van der Waals surface area contributed by atoms with E-state index in [2.05, 4.69) is 10.3 Å². The Kier molecular flexibility index (Phi) is 4.15. The Morgan fingerprint density at radius 2 is 1.95 bits per heavy atom. The van der Waals surface area contributed by atoms with E-state index < -0.39 is 0 Å². The van der Waals surface area contributed by atoms with Gasteiger partial charge in [0.1, 0.15) is 5.82 Å². The summed E-state index contributed by atoms with van der Waals surface area (Å²) in [5.41, 5.74) is 1.18. The SMILES string of the molecule is O=C(NC(c1ccccn1)C1CC(O)C1)c1ccc(F)cc1. The molecule has 3 rings (SSSR count). The number of hydrogen-bond donors (Lipinski definition) is 2. The number of halogens is 1. The van der Waals surface area contributed by atoms with Crippen molar-refractivity contribution in [1.82, 2.24) is 10.3 Å². The lowest BCUT2D eigenvalue weighted by molar-refractivity contribution is 0.0228. The van der Waals surface area contributed by atoms with E-state index in [9.17, 15) is 14.3 Å². The predicted molar refractivity (Wildman–Crippen MR) is 79.6 cm³/mol. The van der Waals surface area contributed by atoms with Crippen molar-refractivity contribution < 1.29 is 14.3 Å². The van der Waals surface area contributed by atoms with Crippen LogP contribution >= 0.6 is 0 Å². The normalized spacial score (nSPS) is 21.7. The third-order valence-corrected chi connectivity index (χ3v) is 4.02. The van der Waals surface area contributed by atoms with Gasteiger partial charge in [0.25, 0.3) is 5.91 Å². The third kappa shape index (κ3) is 3.14. The predicted octanol–water partition coefficient (Wildman–Crippen LogP) is 2.46. The molecule has 114 valence electrons. The number of nitrogens with zero attached hydrogens (tertiary/aromatic N) is 1. The van der Waals surface area contributed by atoms with E-state index in [4.69, 9.17) is 0 Å². The number of aliphatic hydroxyl groups is 1. The summed E-state index contributed by atoms with van der Waals surface area (Å²) < 4.78 is 12.9. The lowest BCUT2D eigenvalue weighted by Gasteiger charge is -2.37. The molecule has 1 saturated carbocycles. The van der Waals surface area contributed by atoms with Crippen molar-refractivity contribution in [3.63, 3.8) is 0 Å². The minimum Gasteiger partial charge on any atom is -0.393 e. The second-order valence-electron chi connectivity index (χ2n) is 5.60. The standard InChI is InChI=1S/C17H17FN2O2/c18-13-6-4-11(5-7-13)17(22)20-16(12-9-14(21)10-12)15-3-1-2-8-19-15/h1-8,12,14,16,21H,9-10H2,(H,20,22). The molecular formula is C17H17FN2O2. The lowest BCUT2D eigenvalue weighted by Crippen LogP contribution is -2.41. The highest BCUT2D eigenvalue weighted by atomic mass is 19.1. The molecule has 1 aliphatic rings. The van der Waals surface area contributed by atoms with Crippen LogP contribution < -0.4 is 5.32 Å². The van der Waals surface area contributed by atoms with Crippen LogP contribution in [-0.2, 0) is 0 Å². The Balaban J connectivity index is 1.78. The molecule has 1 aromatic heterocycles. The average molecular weight is 300 g/mol. The van der Waals surface area contributed by atoms with Gasteiger partial charge in [0, 0.05) is 11.8 Å². The molecule has 22 heavy (non-hydrogen) atoms. The van der Waals surface area contributed by atoms with Crippen LogP contribution in [0.3, 0.4) is 0 Å². The molecular weight excluding hydrogens is 283 g/mol. The van der Waals surface area contributed by atoms with Crippen molar-refractivity contribution in [2.75, 3.05) is 0 Å². The summed E-state index contributed by atoms with van der Waals surface area (Å²) in [6, 6.07) is 10.7. The molecule has 1 aliphatic carbocycles. The number of aliphatic hydroxyl groups excluding tert-OH is 1. The quantitative estimate of drug-likeness (QED) is 0.912. The van der Waals surface area contributed by atoms with Crippen LogP contribution in [0.15, 0.2) is 48.7 Å². The highest BCUT2D eigenvalue weighted by Gasteiger charge is 2.36. The maximum Gasteiger partial charge on any atom is 0.251 e. The molecule has 0 spiro atoms. The van der Waals surface area contributed by atoms with Crippen LogP contribution in [0.25, 0.3) is 0 Å². The maximum atomic E-state index is 12.9. The van der Waals surface area contributed by atoms with Crippen LogP contribution in [0.2, 0.25) is 0 Å². The Morgan fingerprint density at radius 1 is 1.23 bits per heavy atom. The molecule has 2 aromatic rings. The lowest BCUT2D eigenvalue weighted by atomic mass is 9.76. The average Bonchev–Trinajstić information content (AvgIpc) is 2.51. The minimum atomic E-state index is -0.375. The molecule has 0 bridgehead atoms. The monoisotopic (exact) mass is 300 g/mol. The number of rotatable bonds is 4. The summed E-state index contributed by atoms with van der Waals surface area (Å²) >= 11 is 0. The van der Waals surface area contributed by atoms with Crippen LogP contribution in [0.1, 0.15) is 34.9 Å². The largest absolute Gasteiger partial charge is 0.393 e. The maximum absolute atomic E-state index is 12.9. The van der Waals surface area contributed by atoms with Gasteiger partial charge < -0.3 is 10.4 Å². The van der Waals surface area contributed by atoms with E-state index in [0.29, 0.717) is 18.4 Å². The zero-order valence-electron chi connectivity index (χ0n) is 11.9. The van der Waals surface area contributed by atoms with E-state index >= 15 is 0 Å². The zero-order chi connectivity index (χ0) is 15.5. The van der Waals surface area contributed by atoms with Crippen molar-refractivity contribution in [3.8, 4) is 0 Å². The van der Waals surface area contributed by atoms with Gasteiger partial charge in [-0.2, -0.15) is 0 Å². The first-order valence-corrected chi connectivity index (χ1v) is 7.29.